The van der Waals surface area contributed by atoms with Gasteiger partial charge in [-0.2, -0.15) is 0 Å². The Hall–Kier alpha value is -2.37. The molecule has 1 saturated heterocycles. The highest BCUT2D eigenvalue weighted by Gasteiger charge is 2.34. The fraction of sp³-hybridized carbons (Fsp3) is 0.526. The molecule has 0 radical (unpaired) electrons. The first-order valence-corrected chi connectivity index (χ1v) is 8.88. The van der Waals surface area contributed by atoms with Gasteiger partial charge in [0, 0.05) is 19.5 Å². The summed E-state index contributed by atoms with van der Waals surface area (Å²) < 4.78 is 5.05. The van der Waals surface area contributed by atoms with Gasteiger partial charge < -0.3 is 15.0 Å². The van der Waals surface area contributed by atoms with Crippen LogP contribution in [0.25, 0.3) is 0 Å². The van der Waals surface area contributed by atoms with Gasteiger partial charge in [0.1, 0.15) is 6.04 Å². The monoisotopic (exact) mass is 346 g/mol. The summed E-state index contributed by atoms with van der Waals surface area (Å²) in [5.41, 5.74) is 1.19. The van der Waals surface area contributed by atoms with Crippen LogP contribution >= 0.6 is 0 Å². The van der Waals surface area contributed by atoms with E-state index in [0.29, 0.717) is 32.5 Å². The summed E-state index contributed by atoms with van der Waals surface area (Å²) in [5, 5.41) is 2.72. The zero-order chi connectivity index (χ0) is 18.1. The molecule has 1 aliphatic rings. The smallest absolute Gasteiger partial charge is 0.308 e. The largest absolute Gasteiger partial charge is 0.466 e. The molecule has 1 aromatic carbocycles. The van der Waals surface area contributed by atoms with E-state index in [9.17, 15) is 14.4 Å². The molecule has 2 amide bonds. The van der Waals surface area contributed by atoms with Crippen molar-refractivity contribution in [3.8, 4) is 0 Å². The fourth-order valence-corrected chi connectivity index (χ4v) is 2.88. The molecule has 136 valence electrons. The molecule has 25 heavy (non-hydrogen) atoms. The number of nitrogens with zero attached hydrogens (tertiary/aromatic N) is 1. The van der Waals surface area contributed by atoms with Crippen LogP contribution in [-0.2, 0) is 25.5 Å². The van der Waals surface area contributed by atoms with E-state index in [1.807, 2.05) is 37.3 Å². The molecule has 6 nitrogen and oxygen atoms in total. The van der Waals surface area contributed by atoms with Crippen molar-refractivity contribution < 1.29 is 19.1 Å². The van der Waals surface area contributed by atoms with Gasteiger partial charge in [-0.15, -0.1) is 0 Å². The molecule has 1 aliphatic heterocycles. The lowest BCUT2D eigenvalue weighted by atomic mass is 10.1. The van der Waals surface area contributed by atoms with Crippen molar-refractivity contribution in [2.24, 2.45) is 0 Å². The van der Waals surface area contributed by atoms with Crippen molar-refractivity contribution in [1.82, 2.24) is 10.2 Å². The minimum Gasteiger partial charge on any atom is -0.466 e. The second kappa shape index (κ2) is 9.81. The Morgan fingerprint density at radius 1 is 1.28 bits per heavy atom. The van der Waals surface area contributed by atoms with Gasteiger partial charge in [0.05, 0.1) is 13.0 Å². The summed E-state index contributed by atoms with van der Waals surface area (Å²) in [6, 6.07) is 9.22. The van der Waals surface area contributed by atoms with Crippen LogP contribution in [0.2, 0.25) is 0 Å². The van der Waals surface area contributed by atoms with E-state index in [4.69, 9.17) is 4.74 Å². The van der Waals surface area contributed by atoms with Crippen molar-refractivity contribution in [2.75, 3.05) is 19.7 Å². The third-order valence-electron chi connectivity index (χ3n) is 4.18. The van der Waals surface area contributed by atoms with Crippen LogP contribution in [0.3, 0.4) is 0 Å². The summed E-state index contributed by atoms with van der Waals surface area (Å²) in [6.45, 7) is 3.09. The number of carbonyl (C=O) groups excluding carboxylic acids is 3. The van der Waals surface area contributed by atoms with Gasteiger partial charge in [0.25, 0.3) is 0 Å². The maximum Gasteiger partial charge on any atom is 0.308 e. The Labute approximate surface area is 148 Å². The Morgan fingerprint density at radius 3 is 2.76 bits per heavy atom. The Balaban J connectivity index is 1.88. The van der Waals surface area contributed by atoms with E-state index in [-0.39, 0.29) is 18.2 Å². The molecule has 0 aliphatic carbocycles. The Bertz CT molecular complexity index is 588. The molecule has 1 N–H and O–H groups in total. The second-order valence-corrected chi connectivity index (χ2v) is 6.16. The minimum absolute atomic E-state index is 0.0842. The number of piperazine rings is 1. The van der Waals surface area contributed by atoms with Gasteiger partial charge in [-0.25, -0.2) is 0 Å². The molecule has 0 aromatic heterocycles. The molecule has 0 spiro atoms. The van der Waals surface area contributed by atoms with E-state index < -0.39 is 12.0 Å². The zero-order valence-corrected chi connectivity index (χ0v) is 14.7. The van der Waals surface area contributed by atoms with Gasteiger partial charge in [-0.05, 0) is 24.8 Å². The number of carbonyl (C=O) groups is 3. The van der Waals surface area contributed by atoms with Gasteiger partial charge in [-0.3, -0.25) is 14.4 Å². The molecule has 6 heteroatoms. The van der Waals surface area contributed by atoms with E-state index in [1.54, 1.807) is 0 Å². The molecular formula is C19H26N2O4. The molecule has 1 aromatic rings. The SMILES string of the molecule is CCCOC(=O)CC1C(=O)NCCN1C(=O)CCCc1ccccc1. The number of hydrogen-bond donors (Lipinski definition) is 1. The van der Waals surface area contributed by atoms with Crippen LogP contribution in [0.1, 0.15) is 38.2 Å². The first kappa shape index (κ1) is 19.0. The minimum atomic E-state index is -0.762. The van der Waals surface area contributed by atoms with Crippen molar-refractivity contribution in [3.05, 3.63) is 35.9 Å². The van der Waals surface area contributed by atoms with E-state index >= 15 is 0 Å². The fourth-order valence-electron chi connectivity index (χ4n) is 2.88. The van der Waals surface area contributed by atoms with Crippen molar-refractivity contribution >= 4 is 17.8 Å². The lowest BCUT2D eigenvalue weighted by Crippen LogP contribution is -2.57. The zero-order valence-electron chi connectivity index (χ0n) is 14.7. The Morgan fingerprint density at radius 2 is 2.04 bits per heavy atom. The summed E-state index contributed by atoms with van der Waals surface area (Å²) in [5.74, 6) is -0.804. The number of amides is 2. The van der Waals surface area contributed by atoms with Crippen molar-refractivity contribution in [1.29, 1.82) is 0 Å². The van der Waals surface area contributed by atoms with Crippen LogP contribution in [0, 0.1) is 0 Å². The summed E-state index contributed by atoms with van der Waals surface area (Å²) >= 11 is 0. The summed E-state index contributed by atoms with van der Waals surface area (Å²) in [4.78, 5) is 38.0. The van der Waals surface area contributed by atoms with Crippen LogP contribution in [-0.4, -0.2) is 48.4 Å². The number of ether oxygens (including phenoxy) is 1. The lowest BCUT2D eigenvalue weighted by molar-refractivity contribution is -0.151. The molecule has 1 fully saturated rings. The van der Waals surface area contributed by atoms with Crippen LogP contribution in [0.15, 0.2) is 30.3 Å². The highest BCUT2D eigenvalue weighted by atomic mass is 16.5. The van der Waals surface area contributed by atoms with Crippen molar-refractivity contribution in [2.45, 2.75) is 45.1 Å². The molecule has 2 rings (SSSR count). The number of aryl methyl sites for hydroxylation is 1. The number of esters is 1. The number of rotatable bonds is 8. The topological polar surface area (TPSA) is 75.7 Å². The van der Waals surface area contributed by atoms with Crippen LogP contribution in [0.4, 0.5) is 0 Å². The normalized spacial score (nSPS) is 17.1. The summed E-state index contributed by atoms with van der Waals surface area (Å²) in [6.07, 6.45) is 2.54. The predicted molar refractivity (Wildman–Crippen MR) is 93.8 cm³/mol. The van der Waals surface area contributed by atoms with E-state index in [1.165, 1.54) is 10.5 Å². The van der Waals surface area contributed by atoms with Gasteiger partial charge in [0.15, 0.2) is 0 Å². The maximum atomic E-state index is 12.5. The van der Waals surface area contributed by atoms with Crippen LogP contribution < -0.4 is 5.32 Å². The van der Waals surface area contributed by atoms with E-state index in [0.717, 1.165) is 12.8 Å². The molecular weight excluding hydrogens is 320 g/mol. The molecule has 0 bridgehead atoms. The molecule has 1 unspecified atom stereocenters. The van der Waals surface area contributed by atoms with Gasteiger partial charge in [-0.1, -0.05) is 37.3 Å². The van der Waals surface area contributed by atoms with Crippen molar-refractivity contribution in [3.63, 3.8) is 0 Å². The lowest BCUT2D eigenvalue weighted by Gasteiger charge is -2.34. The standard InChI is InChI=1S/C19H26N2O4/c1-2-13-25-18(23)14-16-19(24)20-11-12-21(16)17(22)10-6-9-15-7-4-3-5-8-15/h3-5,7-8,16H,2,6,9-14H2,1H3,(H,20,24). The molecule has 1 heterocycles. The van der Waals surface area contributed by atoms with E-state index in [2.05, 4.69) is 5.32 Å². The first-order chi connectivity index (χ1) is 12.1. The molecule has 1 atom stereocenters. The quantitative estimate of drug-likeness (QED) is 0.727. The number of nitrogens with one attached hydrogen (secondary N) is 1. The van der Waals surface area contributed by atoms with Gasteiger partial charge in [0.2, 0.25) is 11.8 Å². The number of hydrogen-bond acceptors (Lipinski definition) is 4. The van der Waals surface area contributed by atoms with Gasteiger partial charge >= 0.3 is 5.97 Å². The maximum absolute atomic E-state index is 12.5. The molecule has 0 saturated carbocycles. The third kappa shape index (κ3) is 5.89. The van der Waals surface area contributed by atoms with Crippen LogP contribution in [0.5, 0.6) is 0 Å². The highest BCUT2D eigenvalue weighted by Crippen LogP contribution is 2.14. The number of benzene rings is 1. The third-order valence-corrected chi connectivity index (χ3v) is 4.18. The Kier molecular flexibility index (Phi) is 7.44. The predicted octanol–water partition coefficient (Wildman–Crippen LogP) is 1.68. The average molecular weight is 346 g/mol. The average Bonchev–Trinajstić information content (AvgIpc) is 2.62. The first-order valence-electron chi connectivity index (χ1n) is 8.88. The second-order valence-electron chi connectivity index (χ2n) is 6.16. The summed E-state index contributed by atoms with van der Waals surface area (Å²) in [7, 11) is 0. The highest BCUT2D eigenvalue weighted by molar-refractivity contribution is 5.91.